The number of aromatic nitrogens is 2. The molecule has 1 aromatic heterocycles. The van der Waals surface area contributed by atoms with Crippen molar-refractivity contribution in [3.05, 3.63) is 40.9 Å². The summed E-state index contributed by atoms with van der Waals surface area (Å²) in [4.78, 5) is 16.2. The third kappa shape index (κ3) is 5.32. The van der Waals surface area contributed by atoms with E-state index in [9.17, 15) is 4.79 Å². The van der Waals surface area contributed by atoms with Crippen molar-refractivity contribution in [3.63, 3.8) is 0 Å². The number of hydrogen-bond acceptors (Lipinski definition) is 6. The second kappa shape index (κ2) is 8.22. The smallest absolute Gasteiger partial charge is 0.319 e. The predicted molar refractivity (Wildman–Crippen MR) is 89.0 cm³/mol. The molecule has 0 aliphatic rings. The SMILES string of the molecule is CN(C)CCN(Cc1ccc(C#N)cc1)C(=O)Nc1nncs1. The van der Waals surface area contributed by atoms with Crippen molar-refractivity contribution in [3.8, 4) is 6.07 Å². The Morgan fingerprint density at radius 2 is 2.04 bits per heavy atom. The van der Waals surface area contributed by atoms with E-state index in [-0.39, 0.29) is 6.03 Å². The molecular formula is C15H18N6OS. The van der Waals surface area contributed by atoms with Gasteiger partial charge in [0.1, 0.15) is 5.51 Å². The van der Waals surface area contributed by atoms with Gasteiger partial charge in [0.05, 0.1) is 11.6 Å². The van der Waals surface area contributed by atoms with E-state index in [2.05, 4.69) is 21.6 Å². The number of anilines is 1. The molecule has 1 N–H and O–H groups in total. The minimum Gasteiger partial charge on any atom is -0.319 e. The van der Waals surface area contributed by atoms with Crippen LogP contribution in [0.3, 0.4) is 0 Å². The van der Waals surface area contributed by atoms with E-state index in [1.807, 2.05) is 31.1 Å². The van der Waals surface area contributed by atoms with Crippen LogP contribution < -0.4 is 5.32 Å². The molecule has 1 heterocycles. The van der Waals surface area contributed by atoms with Gasteiger partial charge in [-0.2, -0.15) is 5.26 Å². The quantitative estimate of drug-likeness (QED) is 0.875. The lowest BCUT2D eigenvalue weighted by Crippen LogP contribution is -2.39. The first-order chi connectivity index (χ1) is 11.1. The number of urea groups is 1. The van der Waals surface area contributed by atoms with Gasteiger partial charge < -0.3 is 9.80 Å². The summed E-state index contributed by atoms with van der Waals surface area (Å²) >= 11 is 1.28. The molecular weight excluding hydrogens is 312 g/mol. The topological polar surface area (TPSA) is 85.2 Å². The second-order valence-electron chi connectivity index (χ2n) is 5.21. The Labute approximate surface area is 139 Å². The maximum atomic E-state index is 12.4. The van der Waals surface area contributed by atoms with Crippen molar-refractivity contribution in [1.82, 2.24) is 20.0 Å². The molecule has 120 valence electrons. The largest absolute Gasteiger partial charge is 0.324 e. The van der Waals surface area contributed by atoms with Gasteiger partial charge >= 0.3 is 6.03 Å². The number of benzene rings is 1. The minimum atomic E-state index is -0.215. The van der Waals surface area contributed by atoms with Gasteiger partial charge in [0.25, 0.3) is 0 Å². The highest BCUT2D eigenvalue weighted by Crippen LogP contribution is 2.12. The fraction of sp³-hybridized carbons (Fsp3) is 0.333. The summed E-state index contributed by atoms with van der Waals surface area (Å²) < 4.78 is 0. The predicted octanol–water partition coefficient (Wildman–Crippen LogP) is 2.01. The van der Waals surface area contributed by atoms with E-state index in [0.717, 1.165) is 12.1 Å². The summed E-state index contributed by atoms with van der Waals surface area (Å²) in [5, 5.41) is 19.6. The lowest BCUT2D eigenvalue weighted by atomic mass is 10.1. The Bertz CT molecular complexity index is 662. The first-order valence-electron chi connectivity index (χ1n) is 7.04. The van der Waals surface area contributed by atoms with Crippen molar-refractivity contribution < 1.29 is 4.79 Å². The zero-order valence-corrected chi connectivity index (χ0v) is 13.9. The molecule has 0 saturated heterocycles. The van der Waals surface area contributed by atoms with Crippen molar-refractivity contribution in [2.75, 3.05) is 32.5 Å². The molecule has 2 aromatic rings. The van der Waals surface area contributed by atoms with Gasteiger partial charge in [0.2, 0.25) is 5.13 Å². The first kappa shape index (κ1) is 16.9. The van der Waals surface area contributed by atoms with Crippen LogP contribution in [0.4, 0.5) is 9.93 Å². The summed E-state index contributed by atoms with van der Waals surface area (Å²) in [6.45, 7) is 1.79. The lowest BCUT2D eigenvalue weighted by Gasteiger charge is -2.24. The van der Waals surface area contributed by atoms with E-state index in [1.54, 1.807) is 22.5 Å². The van der Waals surface area contributed by atoms with Crippen LogP contribution in [0.15, 0.2) is 29.8 Å². The second-order valence-corrected chi connectivity index (χ2v) is 6.04. The van der Waals surface area contributed by atoms with E-state index in [4.69, 9.17) is 5.26 Å². The van der Waals surface area contributed by atoms with Crippen molar-refractivity contribution >= 4 is 22.5 Å². The normalized spacial score (nSPS) is 10.3. The molecule has 7 nitrogen and oxygen atoms in total. The number of amides is 2. The van der Waals surface area contributed by atoms with E-state index in [1.165, 1.54) is 11.3 Å². The number of likely N-dealkylation sites (N-methyl/N-ethyl adjacent to an activating group) is 1. The molecule has 2 rings (SSSR count). The number of hydrogen-bond donors (Lipinski definition) is 1. The minimum absolute atomic E-state index is 0.215. The molecule has 0 unspecified atom stereocenters. The van der Waals surface area contributed by atoms with Crippen LogP contribution in [0.5, 0.6) is 0 Å². The van der Waals surface area contributed by atoms with Crippen LogP contribution in [-0.2, 0) is 6.54 Å². The van der Waals surface area contributed by atoms with Gasteiger partial charge in [0, 0.05) is 19.6 Å². The summed E-state index contributed by atoms with van der Waals surface area (Å²) in [5.41, 5.74) is 3.14. The van der Waals surface area contributed by atoms with E-state index < -0.39 is 0 Å². The number of rotatable bonds is 6. The monoisotopic (exact) mass is 330 g/mol. The fourth-order valence-electron chi connectivity index (χ4n) is 1.88. The number of carbonyl (C=O) groups is 1. The molecule has 1 aromatic carbocycles. The van der Waals surface area contributed by atoms with Gasteiger partial charge in [-0.25, -0.2) is 4.79 Å². The van der Waals surface area contributed by atoms with Gasteiger partial charge in [0.15, 0.2) is 0 Å². The van der Waals surface area contributed by atoms with E-state index in [0.29, 0.717) is 23.8 Å². The maximum absolute atomic E-state index is 12.4. The summed E-state index contributed by atoms with van der Waals surface area (Å²) in [7, 11) is 3.92. The average molecular weight is 330 g/mol. The zero-order chi connectivity index (χ0) is 16.7. The average Bonchev–Trinajstić information content (AvgIpc) is 3.04. The number of nitriles is 1. The molecule has 0 aliphatic heterocycles. The standard InChI is InChI=1S/C15H18N6OS/c1-20(2)7-8-21(15(22)18-14-19-17-11-23-14)10-13-5-3-12(9-16)4-6-13/h3-6,11H,7-8,10H2,1-2H3,(H,18,19,22). The molecule has 0 atom stereocenters. The van der Waals surface area contributed by atoms with Crippen LogP contribution in [-0.4, -0.2) is 53.2 Å². The Kier molecular flexibility index (Phi) is 6.02. The van der Waals surface area contributed by atoms with Crippen LogP contribution in [0.25, 0.3) is 0 Å². The number of carbonyl (C=O) groups excluding carboxylic acids is 1. The third-order valence-corrected chi connectivity index (χ3v) is 3.74. The van der Waals surface area contributed by atoms with Crippen molar-refractivity contribution in [1.29, 1.82) is 5.26 Å². The van der Waals surface area contributed by atoms with Gasteiger partial charge in [-0.15, -0.1) is 10.2 Å². The first-order valence-corrected chi connectivity index (χ1v) is 7.92. The molecule has 0 fully saturated rings. The van der Waals surface area contributed by atoms with Crippen LogP contribution in [0.1, 0.15) is 11.1 Å². The molecule has 0 saturated carbocycles. The Balaban J connectivity index is 2.05. The summed E-state index contributed by atoms with van der Waals surface area (Å²) in [6, 6.07) is 9.10. The molecule has 23 heavy (non-hydrogen) atoms. The van der Waals surface area contributed by atoms with Crippen molar-refractivity contribution in [2.24, 2.45) is 0 Å². The zero-order valence-electron chi connectivity index (χ0n) is 13.1. The van der Waals surface area contributed by atoms with E-state index >= 15 is 0 Å². The fourth-order valence-corrected chi connectivity index (χ4v) is 2.31. The summed E-state index contributed by atoms with van der Waals surface area (Å²) in [5.74, 6) is 0. The highest BCUT2D eigenvalue weighted by molar-refractivity contribution is 7.13. The molecule has 0 bridgehead atoms. The Morgan fingerprint density at radius 1 is 1.30 bits per heavy atom. The molecule has 0 radical (unpaired) electrons. The van der Waals surface area contributed by atoms with Gasteiger partial charge in [-0.3, -0.25) is 5.32 Å². The molecule has 0 aliphatic carbocycles. The summed E-state index contributed by atoms with van der Waals surface area (Å²) in [6.07, 6.45) is 0. The Hall–Kier alpha value is -2.50. The highest BCUT2D eigenvalue weighted by atomic mass is 32.1. The molecule has 0 spiro atoms. The number of nitrogens with zero attached hydrogens (tertiary/aromatic N) is 5. The lowest BCUT2D eigenvalue weighted by molar-refractivity contribution is 0.202. The van der Waals surface area contributed by atoms with Crippen LogP contribution in [0, 0.1) is 11.3 Å². The third-order valence-electron chi connectivity index (χ3n) is 3.13. The molecule has 8 heteroatoms. The van der Waals surface area contributed by atoms with Crippen LogP contribution in [0.2, 0.25) is 0 Å². The van der Waals surface area contributed by atoms with Crippen molar-refractivity contribution in [2.45, 2.75) is 6.54 Å². The Morgan fingerprint density at radius 3 is 2.61 bits per heavy atom. The maximum Gasteiger partial charge on any atom is 0.324 e. The number of nitrogens with one attached hydrogen (secondary N) is 1. The highest BCUT2D eigenvalue weighted by Gasteiger charge is 2.15. The molecule has 2 amide bonds. The van der Waals surface area contributed by atoms with Gasteiger partial charge in [-0.1, -0.05) is 23.5 Å². The van der Waals surface area contributed by atoms with Gasteiger partial charge in [-0.05, 0) is 31.8 Å². The van der Waals surface area contributed by atoms with Crippen LogP contribution >= 0.6 is 11.3 Å².